The van der Waals surface area contributed by atoms with E-state index in [2.05, 4.69) is 6.92 Å². The number of amides is 2. The molecule has 1 aromatic rings. The van der Waals surface area contributed by atoms with Crippen LogP contribution in [0.5, 0.6) is 0 Å². The number of furan rings is 1. The Labute approximate surface area is 162 Å². The van der Waals surface area contributed by atoms with Crippen molar-refractivity contribution in [3.05, 3.63) is 23.2 Å². The Balaban J connectivity index is 1.94. The minimum Gasteiger partial charge on any atom is -0.466 e. The first-order chi connectivity index (χ1) is 13.0. The average Bonchev–Trinajstić information content (AvgIpc) is 3.02. The summed E-state index contributed by atoms with van der Waals surface area (Å²) in [6.07, 6.45) is 1.10. The normalized spacial score (nSPS) is 15.2. The van der Waals surface area contributed by atoms with Crippen molar-refractivity contribution in [1.82, 2.24) is 9.80 Å². The van der Waals surface area contributed by atoms with Gasteiger partial charge in [0.1, 0.15) is 11.5 Å². The monoisotopic (exact) mass is 380 g/mol. The van der Waals surface area contributed by atoms with Crippen LogP contribution in [0.3, 0.4) is 0 Å². The molecule has 2 amide bonds. The van der Waals surface area contributed by atoms with Crippen LogP contribution >= 0.6 is 0 Å². The van der Waals surface area contributed by atoms with Crippen LogP contribution < -0.4 is 4.90 Å². The summed E-state index contributed by atoms with van der Waals surface area (Å²) in [6.45, 7) is 12.1. The molecule has 0 saturated carbocycles. The minimum atomic E-state index is -0.0755. The molecular weight excluding hydrogens is 346 g/mol. The number of methoxy groups -OCH3 is 1. The number of rotatable bonds is 9. The van der Waals surface area contributed by atoms with Gasteiger partial charge in [-0.05, 0) is 33.3 Å². The van der Waals surface area contributed by atoms with Gasteiger partial charge in [-0.25, -0.2) is 0 Å². The molecule has 27 heavy (non-hydrogen) atoms. The van der Waals surface area contributed by atoms with Gasteiger partial charge in [-0.3, -0.25) is 9.59 Å². The summed E-state index contributed by atoms with van der Waals surface area (Å²) in [5.74, 6) is 1.41. The van der Waals surface area contributed by atoms with Crippen molar-refractivity contribution >= 4 is 11.8 Å². The predicted molar refractivity (Wildman–Crippen MR) is 103 cm³/mol. The van der Waals surface area contributed by atoms with E-state index in [1.54, 1.807) is 29.9 Å². The fourth-order valence-electron chi connectivity index (χ4n) is 3.54. The third-order valence-electron chi connectivity index (χ3n) is 5.25. The third kappa shape index (κ3) is 6.07. The number of piperazine rings is 1. The van der Waals surface area contributed by atoms with Crippen molar-refractivity contribution in [3.63, 3.8) is 0 Å². The molecule has 1 aliphatic rings. The highest BCUT2D eigenvalue weighted by Gasteiger charge is 2.25. The van der Waals surface area contributed by atoms with E-state index in [-0.39, 0.29) is 11.8 Å². The molecule has 1 N–H and O–H groups in total. The molecule has 1 fully saturated rings. The first kappa shape index (κ1) is 21.4. The molecule has 2 rings (SSSR count). The van der Waals surface area contributed by atoms with Crippen molar-refractivity contribution in [3.8, 4) is 0 Å². The van der Waals surface area contributed by atoms with E-state index in [9.17, 15) is 9.59 Å². The summed E-state index contributed by atoms with van der Waals surface area (Å²) in [5, 5.41) is 0. The third-order valence-corrected chi connectivity index (χ3v) is 5.25. The van der Waals surface area contributed by atoms with Crippen LogP contribution in [0.2, 0.25) is 0 Å². The summed E-state index contributed by atoms with van der Waals surface area (Å²) >= 11 is 0. The molecule has 0 aromatic carbocycles. The van der Waals surface area contributed by atoms with Gasteiger partial charge in [0, 0.05) is 33.2 Å². The summed E-state index contributed by atoms with van der Waals surface area (Å²) < 4.78 is 10.6. The Hall–Kier alpha value is -1.86. The van der Waals surface area contributed by atoms with E-state index in [4.69, 9.17) is 9.15 Å². The van der Waals surface area contributed by atoms with E-state index in [0.29, 0.717) is 37.4 Å². The van der Waals surface area contributed by atoms with Crippen molar-refractivity contribution < 1.29 is 23.6 Å². The van der Waals surface area contributed by atoms with Crippen molar-refractivity contribution in [2.75, 3.05) is 59.5 Å². The van der Waals surface area contributed by atoms with Crippen LogP contribution in [0.15, 0.2) is 10.5 Å². The first-order valence-electron chi connectivity index (χ1n) is 9.92. The Kier molecular flexibility index (Phi) is 8.31. The highest BCUT2D eigenvalue weighted by atomic mass is 16.5. The Morgan fingerprint density at radius 3 is 2.52 bits per heavy atom. The van der Waals surface area contributed by atoms with Crippen molar-refractivity contribution in [2.45, 2.75) is 33.6 Å². The number of nitrogens with zero attached hydrogens (tertiary/aromatic N) is 2. The lowest BCUT2D eigenvalue weighted by Gasteiger charge is -2.32. The fourth-order valence-corrected chi connectivity index (χ4v) is 3.54. The van der Waals surface area contributed by atoms with Gasteiger partial charge in [-0.1, -0.05) is 0 Å². The number of nitrogens with one attached hydrogen (secondary N) is 1. The van der Waals surface area contributed by atoms with Crippen LogP contribution in [0, 0.1) is 13.8 Å². The van der Waals surface area contributed by atoms with Gasteiger partial charge in [0.05, 0.1) is 38.3 Å². The van der Waals surface area contributed by atoms with E-state index < -0.39 is 0 Å². The van der Waals surface area contributed by atoms with Gasteiger partial charge >= 0.3 is 0 Å². The molecule has 152 valence electrons. The Bertz CT molecular complexity index is 621. The zero-order chi connectivity index (χ0) is 19.8. The molecule has 1 aromatic heterocycles. The molecule has 0 radical (unpaired) electrons. The fraction of sp³-hybridized carbons (Fsp3) is 0.700. The summed E-state index contributed by atoms with van der Waals surface area (Å²) in [4.78, 5) is 30.8. The quantitative estimate of drug-likeness (QED) is 0.634. The van der Waals surface area contributed by atoms with Gasteiger partial charge in [0.2, 0.25) is 5.91 Å². The maximum atomic E-state index is 12.9. The number of hydrogen-bond acceptors (Lipinski definition) is 4. The maximum absolute atomic E-state index is 12.9. The SMILES string of the molecule is CC[NH+]1CCN(C(=O)CCN(CCCOC)C(=O)c2cc(C)oc2C)CC1. The highest BCUT2D eigenvalue weighted by molar-refractivity contribution is 5.95. The number of ether oxygens (including phenoxy) is 1. The Morgan fingerprint density at radius 2 is 1.96 bits per heavy atom. The molecule has 1 saturated heterocycles. The smallest absolute Gasteiger partial charge is 0.257 e. The number of carbonyl (C=O) groups is 2. The lowest BCUT2D eigenvalue weighted by Crippen LogP contribution is -3.14. The molecule has 7 heteroatoms. The van der Waals surface area contributed by atoms with E-state index >= 15 is 0 Å². The molecule has 1 aliphatic heterocycles. The average molecular weight is 381 g/mol. The van der Waals surface area contributed by atoms with Crippen LogP contribution in [-0.4, -0.2) is 81.1 Å². The highest BCUT2D eigenvalue weighted by Crippen LogP contribution is 2.16. The molecule has 7 nitrogen and oxygen atoms in total. The summed E-state index contributed by atoms with van der Waals surface area (Å²) in [5.41, 5.74) is 0.581. The summed E-state index contributed by atoms with van der Waals surface area (Å²) in [7, 11) is 1.65. The zero-order valence-electron chi connectivity index (χ0n) is 17.2. The van der Waals surface area contributed by atoms with Crippen LogP contribution in [-0.2, 0) is 9.53 Å². The van der Waals surface area contributed by atoms with Gasteiger partial charge in [-0.2, -0.15) is 0 Å². The van der Waals surface area contributed by atoms with Gasteiger partial charge in [0.25, 0.3) is 5.91 Å². The molecular formula is C20H34N3O4+. The largest absolute Gasteiger partial charge is 0.466 e. The maximum Gasteiger partial charge on any atom is 0.257 e. The molecule has 0 spiro atoms. The number of likely N-dealkylation sites (N-methyl/N-ethyl adjacent to an activating group) is 1. The second kappa shape index (κ2) is 10.5. The van der Waals surface area contributed by atoms with Crippen molar-refractivity contribution in [2.24, 2.45) is 0 Å². The topological polar surface area (TPSA) is 67.4 Å². The molecule has 0 aliphatic carbocycles. The van der Waals surface area contributed by atoms with E-state index in [0.717, 1.165) is 44.9 Å². The standard InChI is InChI=1S/C20H33N3O4/c1-5-21-10-12-22(13-11-21)19(24)7-9-23(8-6-14-26-4)20(25)18-15-16(2)27-17(18)3/h15H,5-14H2,1-4H3/p+1. The zero-order valence-corrected chi connectivity index (χ0v) is 17.2. The second-order valence-electron chi connectivity index (χ2n) is 7.20. The predicted octanol–water partition coefficient (Wildman–Crippen LogP) is 0.512. The van der Waals surface area contributed by atoms with Gasteiger partial charge in [-0.15, -0.1) is 0 Å². The molecule has 0 atom stereocenters. The number of aryl methyl sites for hydroxylation is 2. The van der Waals surface area contributed by atoms with Crippen LogP contribution in [0.4, 0.5) is 0 Å². The Morgan fingerprint density at radius 1 is 1.26 bits per heavy atom. The second-order valence-corrected chi connectivity index (χ2v) is 7.20. The molecule has 0 unspecified atom stereocenters. The van der Waals surface area contributed by atoms with Crippen LogP contribution in [0.25, 0.3) is 0 Å². The van der Waals surface area contributed by atoms with E-state index in [1.165, 1.54) is 0 Å². The number of quaternary nitrogens is 1. The lowest BCUT2D eigenvalue weighted by atomic mass is 10.2. The number of carbonyl (C=O) groups excluding carboxylic acids is 2. The minimum absolute atomic E-state index is 0.0755. The summed E-state index contributed by atoms with van der Waals surface area (Å²) in [6, 6.07) is 1.77. The molecule has 0 bridgehead atoms. The number of hydrogen-bond donors (Lipinski definition) is 1. The van der Waals surface area contributed by atoms with Gasteiger partial charge < -0.3 is 23.9 Å². The first-order valence-corrected chi connectivity index (χ1v) is 9.92. The lowest BCUT2D eigenvalue weighted by molar-refractivity contribution is -0.902. The van der Waals surface area contributed by atoms with Gasteiger partial charge in [0.15, 0.2) is 0 Å². The molecule has 2 heterocycles. The van der Waals surface area contributed by atoms with Crippen LogP contribution in [0.1, 0.15) is 41.6 Å². The van der Waals surface area contributed by atoms with E-state index in [1.807, 2.05) is 11.8 Å². The van der Waals surface area contributed by atoms with Crippen molar-refractivity contribution in [1.29, 1.82) is 0 Å².